The van der Waals surface area contributed by atoms with E-state index in [-0.39, 0.29) is 0 Å². The Morgan fingerprint density at radius 2 is 1.88 bits per heavy atom. The molecule has 7 nitrogen and oxygen atoms in total. The highest BCUT2D eigenvalue weighted by molar-refractivity contribution is 8.06. The van der Waals surface area contributed by atoms with Crippen molar-refractivity contribution in [2.45, 2.75) is 12.1 Å². The summed E-state index contributed by atoms with van der Waals surface area (Å²) in [4.78, 5) is 0. The second-order valence-corrected chi connectivity index (χ2v) is 8.50. The molecule has 1 aliphatic heterocycles. The Morgan fingerprint density at radius 1 is 1.31 bits per heavy atom. The van der Waals surface area contributed by atoms with Crippen molar-refractivity contribution < 1.29 is 21.9 Å². The number of sulfonamides is 1. The second kappa shape index (κ2) is 4.57. The molecule has 0 amide bonds. The van der Waals surface area contributed by atoms with Crippen LogP contribution in [0.25, 0.3) is 0 Å². The van der Waals surface area contributed by atoms with Crippen molar-refractivity contribution >= 4 is 19.9 Å². The lowest BCUT2D eigenvalue weighted by atomic mass is 10.2. The fourth-order valence-electron chi connectivity index (χ4n) is 1.58. The van der Waals surface area contributed by atoms with Gasteiger partial charge in [-0.1, -0.05) is 0 Å². The summed E-state index contributed by atoms with van der Waals surface area (Å²) < 4.78 is 46.2. The molecule has 1 aliphatic rings. The molecule has 16 heavy (non-hydrogen) atoms. The number of nitrogens with one attached hydrogen (secondary N) is 1. The molecule has 0 spiro atoms. The molecule has 0 unspecified atom stereocenters. The molecule has 1 saturated heterocycles. The maximum atomic E-state index is 11.7. The first-order valence-electron chi connectivity index (χ1n) is 4.66. The SMILES string of the molecule is CN([C@@H]1CNC[C@H]1O)S(=O)(=O)CS(C)(=O)=O. The van der Waals surface area contributed by atoms with Crippen molar-refractivity contribution in [3.8, 4) is 0 Å². The van der Waals surface area contributed by atoms with Gasteiger partial charge >= 0.3 is 0 Å². The number of nitrogens with zero attached hydrogens (tertiary/aromatic N) is 1. The molecule has 0 radical (unpaired) electrons. The van der Waals surface area contributed by atoms with Crippen LogP contribution < -0.4 is 5.32 Å². The number of aliphatic hydroxyl groups excluding tert-OH is 1. The van der Waals surface area contributed by atoms with E-state index in [0.29, 0.717) is 13.1 Å². The highest BCUT2D eigenvalue weighted by Gasteiger charge is 2.36. The Bertz CT molecular complexity index is 443. The standard InChI is InChI=1S/C7H16N2O5S2/c1-9(6-3-8-4-7(6)10)16(13,14)5-15(2,11)12/h6-8,10H,3-5H2,1-2H3/t6-,7-/m1/s1. The minimum Gasteiger partial charge on any atom is -0.390 e. The molecule has 2 N–H and O–H groups in total. The minimum atomic E-state index is -3.89. The van der Waals surface area contributed by atoms with Crippen LogP contribution in [-0.2, 0) is 19.9 Å². The average Bonchev–Trinajstić information content (AvgIpc) is 2.45. The molecule has 1 fully saturated rings. The molecule has 0 saturated carbocycles. The van der Waals surface area contributed by atoms with Crippen molar-refractivity contribution in [2.75, 3.05) is 31.5 Å². The van der Waals surface area contributed by atoms with Crippen LogP contribution in [0.1, 0.15) is 0 Å². The molecule has 0 aromatic carbocycles. The number of hydrogen-bond acceptors (Lipinski definition) is 6. The van der Waals surface area contributed by atoms with Gasteiger partial charge < -0.3 is 10.4 Å². The average molecular weight is 272 g/mol. The molecule has 9 heteroatoms. The zero-order valence-corrected chi connectivity index (χ0v) is 10.8. The zero-order valence-electron chi connectivity index (χ0n) is 9.12. The third kappa shape index (κ3) is 3.39. The first-order valence-corrected chi connectivity index (χ1v) is 8.33. The van der Waals surface area contributed by atoms with Crippen molar-refractivity contribution in [3.05, 3.63) is 0 Å². The van der Waals surface area contributed by atoms with Crippen molar-refractivity contribution in [2.24, 2.45) is 0 Å². The van der Waals surface area contributed by atoms with E-state index in [2.05, 4.69) is 5.32 Å². The van der Waals surface area contributed by atoms with Crippen molar-refractivity contribution in [1.29, 1.82) is 0 Å². The Hall–Kier alpha value is -0.220. The minimum absolute atomic E-state index is 0.309. The monoisotopic (exact) mass is 272 g/mol. The van der Waals surface area contributed by atoms with E-state index in [1.807, 2.05) is 0 Å². The van der Waals surface area contributed by atoms with Crippen LogP contribution in [0.2, 0.25) is 0 Å². The van der Waals surface area contributed by atoms with Gasteiger partial charge in [-0.3, -0.25) is 0 Å². The predicted octanol–water partition coefficient (Wildman–Crippen LogP) is -2.42. The van der Waals surface area contributed by atoms with Gasteiger partial charge in [0.25, 0.3) is 0 Å². The van der Waals surface area contributed by atoms with Crippen LogP contribution in [-0.4, -0.2) is 69.9 Å². The van der Waals surface area contributed by atoms with Crippen LogP contribution in [0.5, 0.6) is 0 Å². The molecular weight excluding hydrogens is 256 g/mol. The van der Waals surface area contributed by atoms with Crippen molar-refractivity contribution in [1.82, 2.24) is 9.62 Å². The fourth-order valence-corrected chi connectivity index (χ4v) is 5.04. The first-order chi connectivity index (χ1) is 7.13. The van der Waals surface area contributed by atoms with E-state index in [4.69, 9.17) is 0 Å². The maximum Gasteiger partial charge on any atom is 0.228 e. The normalized spacial score (nSPS) is 27.5. The van der Waals surface area contributed by atoms with Gasteiger partial charge in [0.1, 0.15) is 0 Å². The van der Waals surface area contributed by atoms with Crippen molar-refractivity contribution in [3.63, 3.8) is 0 Å². The topological polar surface area (TPSA) is 104 Å². The van der Waals surface area contributed by atoms with Crippen LogP contribution in [0.15, 0.2) is 0 Å². The third-order valence-corrected chi connectivity index (χ3v) is 6.47. The largest absolute Gasteiger partial charge is 0.390 e. The number of aliphatic hydroxyl groups is 1. The molecule has 0 aromatic rings. The Morgan fingerprint density at radius 3 is 2.25 bits per heavy atom. The molecule has 1 heterocycles. The summed E-state index contributed by atoms with van der Waals surface area (Å²) in [5, 5.41) is 11.4. The Kier molecular flexibility index (Phi) is 3.95. The van der Waals surface area contributed by atoms with Crippen LogP contribution in [0.3, 0.4) is 0 Å². The third-order valence-electron chi connectivity index (χ3n) is 2.42. The summed E-state index contributed by atoms with van der Waals surface area (Å²) in [6, 6.07) is -0.605. The van der Waals surface area contributed by atoms with E-state index in [1.54, 1.807) is 0 Å². The summed E-state index contributed by atoms with van der Waals surface area (Å²) in [5.74, 6) is 0. The number of sulfone groups is 1. The second-order valence-electron chi connectivity index (χ2n) is 3.96. The summed E-state index contributed by atoms with van der Waals surface area (Å²) in [7, 11) is -6.22. The molecule has 2 atom stereocenters. The summed E-state index contributed by atoms with van der Waals surface area (Å²) in [6.07, 6.45) is 0.0566. The van der Waals surface area contributed by atoms with Crippen LogP contribution in [0.4, 0.5) is 0 Å². The quantitative estimate of drug-likeness (QED) is 0.590. The highest BCUT2D eigenvalue weighted by Crippen LogP contribution is 2.13. The highest BCUT2D eigenvalue weighted by atomic mass is 32.3. The van der Waals surface area contributed by atoms with E-state index in [9.17, 15) is 21.9 Å². The predicted molar refractivity (Wildman–Crippen MR) is 59.1 cm³/mol. The molecule has 96 valence electrons. The fraction of sp³-hybridized carbons (Fsp3) is 1.00. The van der Waals surface area contributed by atoms with Gasteiger partial charge in [0.2, 0.25) is 10.0 Å². The number of β-amino-alcohol motifs (C(OH)–C–C–N with tert-alkyl or cyclic N) is 1. The lowest BCUT2D eigenvalue weighted by molar-refractivity contribution is 0.136. The molecule has 0 aliphatic carbocycles. The van der Waals surface area contributed by atoms with E-state index < -0.39 is 37.1 Å². The zero-order chi connectivity index (χ0) is 12.6. The maximum absolute atomic E-state index is 11.7. The molecule has 0 bridgehead atoms. The Labute approximate surface area is 95.4 Å². The lowest BCUT2D eigenvalue weighted by Crippen LogP contribution is -2.45. The van der Waals surface area contributed by atoms with Crippen LogP contribution in [0, 0.1) is 0 Å². The number of rotatable bonds is 4. The van der Waals surface area contributed by atoms with Gasteiger partial charge in [0, 0.05) is 26.4 Å². The van der Waals surface area contributed by atoms with Gasteiger partial charge in [0.05, 0.1) is 12.1 Å². The smallest absolute Gasteiger partial charge is 0.228 e. The van der Waals surface area contributed by atoms with E-state index >= 15 is 0 Å². The van der Waals surface area contributed by atoms with Crippen LogP contribution >= 0.6 is 0 Å². The molecule has 0 aromatic heterocycles. The van der Waals surface area contributed by atoms with Gasteiger partial charge in [0.15, 0.2) is 14.9 Å². The summed E-state index contributed by atoms with van der Waals surface area (Å²) in [6.45, 7) is 0.629. The van der Waals surface area contributed by atoms with Gasteiger partial charge in [-0.2, -0.15) is 4.31 Å². The number of likely N-dealkylation sites (N-methyl/N-ethyl adjacent to an activating group) is 1. The molecule has 1 rings (SSSR count). The Balaban J connectivity index is 2.84. The molecular formula is C7H16N2O5S2. The van der Waals surface area contributed by atoms with E-state index in [1.165, 1.54) is 7.05 Å². The number of hydrogen-bond donors (Lipinski definition) is 2. The summed E-state index contributed by atoms with van der Waals surface area (Å²) >= 11 is 0. The first kappa shape index (κ1) is 13.8. The van der Waals surface area contributed by atoms with Gasteiger partial charge in [-0.05, 0) is 0 Å². The van der Waals surface area contributed by atoms with Gasteiger partial charge in [-0.25, -0.2) is 16.8 Å². The van der Waals surface area contributed by atoms with Gasteiger partial charge in [-0.15, -0.1) is 0 Å². The summed E-state index contributed by atoms with van der Waals surface area (Å²) in [5.41, 5.74) is 0. The lowest BCUT2D eigenvalue weighted by Gasteiger charge is -2.25. The van der Waals surface area contributed by atoms with E-state index in [0.717, 1.165) is 10.6 Å².